The summed E-state index contributed by atoms with van der Waals surface area (Å²) in [5, 5.41) is 0. The topological polar surface area (TPSA) is 17.1 Å². The predicted octanol–water partition coefficient (Wildman–Crippen LogP) is 1.91. The van der Waals surface area contributed by atoms with Crippen molar-refractivity contribution in [3.05, 3.63) is 10.2 Å². The van der Waals surface area contributed by atoms with Crippen molar-refractivity contribution in [2.24, 2.45) is 0 Å². The van der Waals surface area contributed by atoms with Gasteiger partial charge in [0.25, 0.3) is 0 Å². The van der Waals surface area contributed by atoms with E-state index in [4.69, 9.17) is 0 Å². The highest BCUT2D eigenvalue weighted by atomic mass is 127. The molecule has 0 aromatic carbocycles. The van der Waals surface area contributed by atoms with Gasteiger partial charge in [-0.1, -0.05) is 28.7 Å². The number of rotatable bonds is 3. The van der Waals surface area contributed by atoms with Crippen LogP contribution in [0.25, 0.3) is 0 Å². The molecule has 0 aliphatic carbocycles. The van der Waals surface area contributed by atoms with Crippen LogP contribution in [-0.4, -0.2) is 6.29 Å². The van der Waals surface area contributed by atoms with Crippen molar-refractivity contribution in [2.75, 3.05) is 0 Å². The fourth-order valence-corrected chi connectivity index (χ4v) is 0.587. The van der Waals surface area contributed by atoms with E-state index >= 15 is 0 Å². The predicted molar refractivity (Wildman–Crippen MR) is 38.5 cm³/mol. The molecule has 0 atom stereocenters. The van der Waals surface area contributed by atoms with Crippen LogP contribution in [0.3, 0.4) is 0 Å². The second-order valence-corrected chi connectivity index (χ2v) is 1.82. The van der Waals surface area contributed by atoms with Crippen LogP contribution in [0.15, 0.2) is 10.2 Å². The van der Waals surface area contributed by atoms with Crippen molar-refractivity contribution in [1.29, 1.82) is 0 Å². The van der Waals surface area contributed by atoms with Gasteiger partial charge in [0.15, 0.2) is 0 Å². The monoisotopic (exact) mass is 210 g/mol. The smallest absolute Gasteiger partial charge is 0.120 e. The Hall–Kier alpha value is 0.140. The number of unbranched alkanes of at least 4 members (excludes halogenated alkanes) is 1. The van der Waals surface area contributed by atoms with E-state index in [1.54, 1.807) is 0 Å². The molecule has 0 bridgehead atoms. The van der Waals surface area contributed by atoms with Gasteiger partial charge in [0, 0.05) is 6.42 Å². The summed E-state index contributed by atoms with van der Waals surface area (Å²) >= 11 is 2.13. The van der Waals surface area contributed by atoms with E-state index in [2.05, 4.69) is 22.6 Å². The Morgan fingerprint density at radius 1 is 1.43 bits per heavy atom. The minimum Gasteiger partial charge on any atom is -0.303 e. The molecular weight excluding hydrogens is 203 g/mol. The Morgan fingerprint density at radius 3 is 2.57 bits per heavy atom. The molecule has 0 saturated carbocycles. The van der Waals surface area contributed by atoms with Crippen LogP contribution in [0.2, 0.25) is 0 Å². The van der Waals surface area contributed by atoms with E-state index in [0.717, 1.165) is 12.7 Å². The number of allylic oxidation sites excluding steroid dienone is 1. The zero-order chi connectivity index (χ0) is 5.54. The Balaban J connectivity index is 2.82. The third kappa shape index (κ3) is 6.14. The average molecular weight is 210 g/mol. The first-order chi connectivity index (χ1) is 3.41. The summed E-state index contributed by atoms with van der Waals surface area (Å²) in [6.45, 7) is 0. The highest BCUT2D eigenvalue weighted by Gasteiger charge is 1.72. The van der Waals surface area contributed by atoms with Gasteiger partial charge >= 0.3 is 0 Å². The summed E-state index contributed by atoms with van der Waals surface area (Å²) in [4.78, 5) is 9.64. The second-order valence-electron chi connectivity index (χ2n) is 1.11. The van der Waals surface area contributed by atoms with Crippen LogP contribution >= 0.6 is 22.6 Å². The van der Waals surface area contributed by atoms with Crippen molar-refractivity contribution in [3.63, 3.8) is 0 Å². The normalized spacial score (nSPS) is 9.86. The van der Waals surface area contributed by atoms with Gasteiger partial charge in [0.1, 0.15) is 6.29 Å². The van der Waals surface area contributed by atoms with E-state index in [1.165, 1.54) is 0 Å². The molecule has 0 amide bonds. The lowest BCUT2D eigenvalue weighted by atomic mass is 10.3. The minimum atomic E-state index is 0.652. The molecule has 0 aromatic rings. The molecule has 0 saturated heterocycles. The van der Waals surface area contributed by atoms with E-state index in [0.29, 0.717) is 6.42 Å². The summed E-state index contributed by atoms with van der Waals surface area (Å²) in [6, 6.07) is 0. The van der Waals surface area contributed by atoms with Gasteiger partial charge in [-0.05, 0) is 10.5 Å². The summed E-state index contributed by atoms with van der Waals surface area (Å²) in [5.74, 6) is 0. The van der Waals surface area contributed by atoms with Crippen LogP contribution in [0.1, 0.15) is 12.8 Å². The molecular formula is C5H7IO. The summed E-state index contributed by atoms with van der Waals surface area (Å²) in [7, 11) is 0. The van der Waals surface area contributed by atoms with Gasteiger partial charge in [-0.3, -0.25) is 0 Å². The standard InChI is InChI=1S/C5H7IO/c6-4-2-1-3-5-7/h2,4-5H,1,3H2/b4-2+. The van der Waals surface area contributed by atoms with Gasteiger partial charge < -0.3 is 4.79 Å². The molecule has 0 fully saturated rings. The van der Waals surface area contributed by atoms with Crippen molar-refractivity contribution in [2.45, 2.75) is 12.8 Å². The summed E-state index contributed by atoms with van der Waals surface area (Å²) in [5.41, 5.74) is 0. The average Bonchev–Trinajstić information content (AvgIpc) is 1.69. The van der Waals surface area contributed by atoms with Crippen molar-refractivity contribution >= 4 is 28.9 Å². The van der Waals surface area contributed by atoms with E-state index in [-0.39, 0.29) is 0 Å². The van der Waals surface area contributed by atoms with Crippen LogP contribution in [0.5, 0.6) is 0 Å². The van der Waals surface area contributed by atoms with Crippen LogP contribution < -0.4 is 0 Å². The van der Waals surface area contributed by atoms with Crippen molar-refractivity contribution < 1.29 is 4.79 Å². The van der Waals surface area contributed by atoms with Crippen LogP contribution in [-0.2, 0) is 4.79 Å². The van der Waals surface area contributed by atoms with E-state index in [1.807, 2.05) is 10.2 Å². The zero-order valence-corrected chi connectivity index (χ0v) is 6.09. The highest BCUT2D eigenvalue weighted by Crippen LogP contribution is 1.90. The van der Waals surface area contributed by atoms with E-state index < -0.39 is 0 Å². The number of carbonyl (C=O) groups excluding carboxylic acids is 1. The number of hydrogen-bond donors (Lipinski definition) is 0. The zero-order valence-electron chi connectivity index (χ0n) is 3.93. The SMILES string of the molecule is O=CCC/C=C/I. The third-order valence-electron chi connectivity index (χ3n) is 0.540. The minimum absolute atomic E-state index is 0.652. The number of hydrogen-bond acceptors (Lipinski definition) is 1. The Morgan fingerprint density at radius 2 is 2.14 bits per heavy atom. The van der Waals surface area contributed by atoms with Gasteiger partial charge in [-0.2, -0.15) is 0 Å². The van der Waals surface area contributed by atoms with Crippen molar-refractivity contribution in [1.82, 2.24) is 0 Å². The summed E-state index contributed by atoms with van der Waals surface area (Å²) < 4.78 is 1.92. The molecule has 0 radical (unpaired) electrons. The molecule has 0 unspecified atom stereocenters. The Bertz CT molecular complexity index is 68.5. The maximum absolute atomic E-state index is 9.64. The molecule has 0 N–H and O–H groups in total. The summed E-state index contributed by atoms with van der Waals surface area (Å²) in [6.07, 6.45) is 4.43. The largest absolute Gasteiger partial charge is 0.303 e. The molecule has 0 aromatic heterocycles. The first-order valence-corrected chi connectivity index (χ1v) is 3.35. The van der Waals surface area contributed by atoms with Crippen molar-refractivity contribution in [3.8, 4) is 0 Å². The maximum atomic E-state index is 9.64. The quantitative estimate of drug-likeness (QED) is 0.395. The number of carbonyl (C=O) groups is 1. The van der Waals surface area contributed by atoms with Gasteiger partial charge in [-0.15, -0.1) is 0 Å². The van der Waals surface area contributed by atoms with Gasteiger partial charge in [0.05, 0.1) is 0 Å². The number of halogens is 1. The fourth-order valence-electron chi connectivity index (χ4n) is 0.227. The lowest BCUT2D eigenvalue weighted by Gasteiger charge is -1.75. The molecule has 1 nitrogen and oxygen atoms in total. The third-order valence-corrected chi connectivity index (χ3v) is 1.05. The molecule has 7 heavy (non-hydrogen) atoms. The molecule has 40 valence electrons. The van der Waals surface area contributed by atoms with Gasteiger partial charge in [0.2, 0.25) is 0 Å². The lowest BCUT2D eigenvalue weighted by molar-refractivity contribution is -0.107. The Kier molecular flexibility index (Phi) is 6.26. The highest BCUT2D eigenvalue weighted by molar-refractivity contribution is 14.1. The maximum Gasteiger partial charge on any atom is 0.120 e. The molecule has 0 spiro atoms. The molecule has 0 rings (SSSR count). The van der Waals surface area contributed by atoms with Gasteiger partial charge in [-0.25, -0.2) is 0 Å². The van der Waals surface area contributed by atoms with E-state index in [9.17, 15) is 4.79 Å². The lowest BCUT2D eigenvalue weighted by Crippen LogP contribution is -1.67. The second kappa shape index (κ2) is 6.14. The molecule has 2 heteroatoms. The number of aldehydes is 1. The molecule has 0 aliphatic rings. The fraction of sp³-hybridized carbons (Fsp3) is 0.400. The Labute approximate surface area is 56.9 Å². The van der Waals surface area contributed by atoms with Crippen LogP contribution in [0.4, 0.5) is 0 Å². The first kappa shape index (κ1) is 7.14. The molecule has 0 aliphatic heterocycles. The molecule has 0 heterocycles. The van der Waals surface area contributed by atoms with Crippen LogP contribution in [0, 0.1) is 0 Å². The first-order valence-electron chi connectivity index (χ1n) is 2.10.